The highest BCUT2D eigenvalue weighted by molar-refractivity contribution is 7.92. The van der Waals surface area contributed by atoms with E-state index in [4.69, 9.17) is 14.2 Å². The Morgan fingerprint density at radius 3 is 2.50 bits per heavy atom. The molecule has 5 rings (SSSR count). The van der Waals surface area contributed by atoms with Gasteiger partial charge in [0.25, 0.3) is 10.0 Å². The Morgan fingerprint density at radius 2 is 1.76 bits per heavy atom. The van der Waals surface area contributed by atoms with Crippen molar-refractivity contribution in [2.75, 3.05) is 36.5 Å². The number of sulfonamides is 1. The summed E-state index contributed by atoms with van der Waals surface area (Å²) >= 11 is 1.30. The molecule has 1 aliphatic heterocycles. The lowest BCUT2D eigenvalue weighted by Crippen LogP contribution is -2.38. The lowest BCUT2D eigenvalue weighted by Gasteiger charge is -2.25. The zero-order chi connectivity index (χ0) is 26.9. The molecule has 2 aliphatic rings. The lowest BCUT2D eigenvalue weighted by atomic mass is 9.95. The van der Waals surface area contributed by atoms with Crippen LogP contribution in [0, 0.1) is 5.82 Å². The first-order valence-electron chi connectivity index (χ1n) is 12.0. The van der Waals surface area contributed by atoms with E-state index in [2.05, 4.69) is 5.32 Å². The first kappa shape index (κ1) is 26.0. The molecule has 200 valence electrons. The van der Waals surface area contributed by atoms with Gasteiger partial charge in [-0.15, -0.1) is 11.3 Å². The summed E-state index contributed by atoms with van der Waals surface area (Å²) in [6.45, 7) is 0.000170. The normalized spacial score (nSPS) is 14.4. The quantitative estimate of drug-likeness (QED) is 0.432. The highest BCUT2D eigenvalue weighted by atomic mass is 32.2. The molecule has 0 radical (unpaired) electrons. The number of ether oxygens (including phenoxy) is 3. The van der Waals surface area contributed by atoms with Crippen molar-refractivity contribution in [3.63, 3.8) is 0 Å². The van der Waals surface area contributed by atoms with Crippen molar-refractivity contribution in [1.29, 1.82) is 0 Å². The molecule has 0 saturated carbocycles. The van der Waals surface area contributed by atoms with Crippen LogP contribution in [0.25, 0.3) is 0 Å². The molecule has 1 aliphatic carbocycles. The third kappa shape index (κ3) is 5.05. The molecule has 1 amide bonds. The van der Waals surface area contributed by atoms with E-state index in [1.807, 2.05) is 0 Å². The minimum Gasteiger partial charge on any atom is -0.486 e. The number of carbonyl (C=O) groups excluding carboxylic acids is 2. The minimum atomic E-state index is -4.29. The predicted octanol–water partition coefficient (Wildman–Crippen LogP) is 4.16. The van der Waals surface area contributed by atoms with Gasteiger partial charge < -0.3 is 19.5 Å². The van der Waals surface area contributed by atoms with Crippen molar-refractivity contribution in [2.24, 2.45) is 0 Å². The number of anilines is 2. The van der Waals surface area contributed by atoms with E-state index in [-0.39, 0.29) is 22.9 Å². The number of esters is 1. The maximum Gasteiger partial charge on any atom is 0.341 e. The van der Waals surface area contributed by atoms with Gasteiger partial charge in [0.2, 0.25) is 5.91 Å². The van der Waals surface area contributed by atoms with Gasteiger partial charge in [-0.25, -0.2) is 17.6 Å². The molecule has 0 spiro atoms. The summed E-state index contributed by atoms with van der Waals surface area (Å²) in [5, 5.41) is 3.05. The summed E-state index contributed by atoms with van der Waals surface area (Å²) in [7, 11) is -3.02. The summed E-state index contributed by atoms with van der Waals surface area (Å²) < 4.78 is 58.0. The zero-order valence-corrected chi connectivity index (χ0v) is 22.1. The van der Waals surface area contributed by atoms with Crippen LogP contribution < -0.4 is 19.1 Å². The number of nitrogens with one attached hydrogen (secondary N) is 1. The fraction of sp³-hybridized carbons (Fsp3) is 0.308. The number of hydrogen-bond donors (Lipinski definition) is 1. The Kier molecular flexibility index (Phi) is 7.26. The number of halogens is 1. The molecule has 0 atom stereocenters. The van der Waals surface area contributed by atoms with Gasteiger partial charge in [0.05, 0.1) is 23.3 Å². The Balaban J connectivity index is 1.48. The Bertz CT molecular complexity index is 1490. The minimum absolute atomic E-state index is 0.0927. The molecular weight excluding hydrogens is 535 g/mol. The van der Waals surface area contributed by atoms with E-state index in [0.29, 0.717) is 29.3 Å². The highest BCUT2D eigenvalue weighted by Crippen LogP contribution is 2.39. The maximum atomic E-state index is 13.8. The number of amides is 1. The maximum absolute atomic E-state index is 13.8. The van der Waals surface area contributed by atoms with Crippen LogP contribution in [-0.2, 0) is 32.4 Å². The van der Waals surface area contributed by atoms with Crippen LogP contribution >= 0.6 is 11.3 Å². The van der Waals surface area contributed by atoms with Crippen molar-refractivity contribution in [1.82, 2.24) is 0 Å². The van der Waals surface area contributed by atoms with Crippen LogP contribution in [0.5, 0.6) is 11.5 Å². The van der Waals surface area contributed by atoms with Gasteiger partial charge in [-0.2, -0.15) is 0 Å². The van der Waals surface area contributed by atoms with E-state index in [1.165, 1.54) is 48.8 Å². The number of aryl methyl sites for hydroxylation is 1. The second-order valence-corrected chi connectivity index (χ2v) is 11.7. The van der Waals surface area contributed by atoms with Crippen molar-refractivity contribution < 1.29 is 36.6 Å². The lowest BCUT2D eigenvalue weighted by molar-refractivity contribution is -0.114. The number of rotatable bonds is 7. The monoisotopic (exact) mass is 560 g/mol. The summed E-state index contributed by atoms with van der Waals surface area (Å²) in [6, 6.07) is 8.97. The number of hydrogen-bond acceptors (Lipinski definition) is 8. The first-order chi connectivity index (χ1) is 18.3. The highest BCUT2D eigenvalue weighted by Gasteiger charge is 2.31. The van der Waals surface area contributed by atoms with Gasteiger partial charge in [0, 0.05) is 10.9 Å². The number of fused-ring (bicyclic) bond motifs is 2. The molecule has 1 N–H and O–H groups in total. The fourth-order valence-corrected chi connectivity index (χ4v) is 7.23. The van der Waals surface area contributed by atoms with Crippen LogP contribution in [0.3, 0.4) is 0 Å². The van der Waals surface area contributed by atoms with Crippen LogP contribution in [0.4, 0.5) is 15.1 Å². The van der Waals surface area contributed by atoms with Gasteiger partial charge in [-0.05, 0) is 67.6 Å². The largest absolute Gasteiger partial charge is 0.486 e. The van der Waals surface area contributed by atoms with Crippen LogP contribution in [0.15, 0.2) is 47.4 Å². The SMILES string of the molecule is COC(=O)c1c(NC(=O)CN(c2ccc(F)cc2)S(=O)(=O)c2ccc3c(c2)OCCO3)sc2c1CCCC2. The molecule has 0 unspecified atom stereocenters. The van der Waals surface area contributed by atoms with E-state index >= 15 is 0 Å². The fourth-order valence-electron chi connectivity index (χ4n) is 4.50. The molecule has 0 fully saturated rings. The Morgan fingerprint density at radius 1 is 1.05 bits per heavy atom. The van der Waals surface area contributed by atoms with Crippen LogP contribution in [0.1, 0.15) is 33.6 Å². The van der Waals surface area contributed by atoms with Crippen molar-refractivity contribution in [3.05, 3.63) is 64.3 Å². The number of benzene rings is 2. The van der Waals surface area contributed by atoms with E-state index in [0.717, 1.165) is 46.1 Å². The predicted molar refractivity (Wildman–Crippen MR) is 139 cm³/mol. The number of nitrogens with zero attached hydrogens (tertiary/aromatic N) is 1. The molecule has 3 aromatic rings. The second kappa shape index (κ2) is 10.6. The summed E-state index contributed by atoms with van der Waals surface area (Å²) in [5.74, 6) is -1.09. The zero-order valence-electron chi connectivity index (χ0n) is 20.5. The first-order valence-corrected chi connectivity index (χ1v) is 14.2. The average Bonchev–Trinajstić information content (AvgIpc) is 3.29. The Labute approximate surface area is 223 Å². The topological polar surface area (TPSA) is 111 Å². The van der Waals surface area contributed by atoms with Crippen molar-refractivity contribution in [2.45, 2.75) is 30.6 Å². The van der Waals surface area contributed by atoms with Crippen LogP contribution in [0.2, 0.25) is 0 Å². The molecule has 0 saturated heterocycles. The standard InChI is InChI=1S/C26H25FN2O7S2/c1-34-26(31)24-19-4-2-3-5-22(19)37-25(24)28-23(30)15-29(17-8-6-16(27)7-9-17)38(32,33)18-10-11-20-21(14-18)36-13-12-35-20/h6-11,14H,2-5,12-13,15H2,1H3,(H,28,30). The average molecular weight is 561 g/mol. The third-order valence-corrected chi connectivity index (χ3v) is 9.29. The second-order valence-electron chi connectivity index (χ2n) is 8.75. The van der Waals surface area contributed by atoms with E-state index < -0.39 is 34.3 Å². The van der Waals surface area contributed by atoms with E-state index in [1.54, 1.807) is 0 Å². The molecule has 2 aromatic carbocycles. The molecule has 1 aromatic heterocycles. The number of methoxy groups -OCH3 is 1. The van der Waals surface area contributed by atoms with Gasteiger partial charge in [-0.1, -0.05) is 0 Å². The third-order valence-electron chi connectivity index (χ3n) is 6.32. The Hall–Kier alpha value is -3.64. The summed E-state index contributed by atoms with van der Waals surface area (Å²) in [5.41, 5.74) is 1.27. The molecule has 12 heteroatoms. The molecule has 38 heavy (non-hydrogen) atoms. The van der Waals surface area contributed by atoms with Crippen molar-refractivity contribution >= 4 is 43.9 Å². The molecule has 9 nitrogen and oxygen atoms in total. The molecular formula is C26H25FN2O7S2. The van der Waals surface area contributed by atoms with Gasteiger partial charge >= 0.3 is 5.97 Å². The molecule has 2 heterocycles. The summed E-state index contributed by atoms with van der Waals surface area (Å²) in [6.07, 6.45) is 3.40. The van der Waals surface area contributed by atoms with Crippen molar-refractivity contribution in [3.8, 4) is 11.5 Å². The molecule has 0 bridgehead atoms. The number of thiophene rings is 1. The number of carbonyl (C=O) groups is 2. The summed E-state index contributed by atoms with van der Waals surface area (Å²) in [4.78, 5) is 26.7. The smallest absolute Gasteiger partial charge is 0.341 e. The van der Waals surface area contributed by atoms with Crippen LogP contribution in [-0.4, -0.2) is 47.2 Å². The van der Waals surface area contributed by atoms with E-state index in [9.17, 15) is 22.4 Å². The van der Waals surface area contributed by atoms with Gasteiger partial charge in [0.1, 0.15) is 30.6 Å². The van der Waals surface area contributed by atoms with Gasteiger partial charge in [0.15, 0.2) is 11.5 Å². The van der Waals surface area contributed by atoms with Gasteiger partial charge in [-0.3, -0.25) is 9.10 Å².